The molecule has 4 nitrogen and oxygen atoms in total. The highest BCUT2D eigenvalue weighted by atomic mass is 14.9. The minimum absolute atomic E-state index is 0.504. The standard InChI is InChI=1S/C8H12N4/c1-6(5-7(9)10-2)8-11-3-4-12-8/h3-5H,1-2H3,(H2,9,10)(H,11,12)/b6-5-. The largest absolute Gasteiger partial charge is 0.384 e. The van der Waals surface area contributed by atoms with E-state index in [1.54, 1.807) is 25.5 Å². The minimum Gasteiger partial charge on any atom is -0.384 e. The Kier molecular flexibility index (Phi) is 2.63. The highest BCUT2D eigenvalue weighted by Crippen LogP contribution is 2.05. The van der Waals surface area contributed by atoms with E-state index >= 15 is 0 Å². The molecule has 0 aromatic carbocycles. The van der Waals surface area contributed by atoms with E-state index in [-0.39, 0.29) is 0 Å². The summed E-state index contributed by atoms with van der Waals surface area (Å²) in [7, 11) is 1.65. The van der Waals surface area contributed by atoms with E-state index in [1.807, 2.05) is 6.92 Å². The molecule has 0 aliphatic rings. The summed E-state index contributed by atoms with van der Waals surface area (Å²) in [6.45, 7) is 1.93. The third-order valence-electron chi connectivity index (χ3n) is 1.49. The number of nitrogens with two attached hydrogens (primary N) is 1. The molecule has 1 heterocycles. The van der Waals surface area contributed by atoms with Gasteiger partial charge >= 0.3 is 0 Å². The molecule has 1 rings (SSSR count). The van der Waals surface area contributed by atoms with Crippen LogP contribution in [0.5, 0.6) is 0 Å². The van der Waals surface area contributed by atoms with Crippen molar-refractivity contribution in [3.8, 4) is 0 Å². The van der Waals surface area contributed by atoms with Crippen molar-refractivity contribution in [2.24, 2.45) is 10.7 Å². The van der Waals surface area contributed by atoms with E-state index in [0.717, 1.165) is 11.4 Å². The maximum Gasteiger partial charge on any atom is 0.133 e. The number of amidine groups is 1. The van der Waals surface area contributed by atoms with E-state index in [0.29, 0.717) is 5.84 Å². The van der Waals surface area contributed by atoms with Gasteiger partial charge in [0.25, 0.3) is 0 Å². The van der Waals surface area contributed by atoms with Gasteiger partial charge < -0.3 is 10.7 Å². The average Bonchev–Trinajstić information content (AvgIpc) is 2.56. The maximum atomic E-state index is 5.51. The van der Waals surface area contributed by atoms with Crippen molar-refractivity contribution >= 4 is 11.4 Å². The van der Waals surface area contributed by atoms with Crippen molar-refractivity contribution in [1.82, 2.24) is 9.97 Å². The Morgan fingerprint density at radius 3 is 3.00 bits per heavy atom. The van der Waals surface area contributed by atoms with Crippen LogP contribution in [0, 0.1) is 0 Å². The van der Waals surface area contributed by atoms with Crippen LogP contribution < -0.4 is 5.73 Å². The van der Waals surface area contributed by atoms with Crippen LogP contribution in [0.2, 0.25) is 0 Å². The van der Waals surface area contributed by atoms with Crippen LogP contribution >= 0.6 is 0 Å². The molecule has 0 aliphatic heterocycles. The van der Waals surface area contributed by atoms with Crippen molar-refractivity contribution in [3.63, 3.8) is 0 Å². The Bertz CT molecular complexity index is 295. The van der Waals surface area contributed by atoms with Crippen molar-refractivity contribution in [2.45, 2.75) is 6.92 Å². The van der Waals surface area contributed by atoms with Gasteiger partial charge in [0.2, 0.25) is 0 Å². The van der Waals surface area contributed by atoms with Crippen molar-refractivity contribution in [1.29, 1.82) is 0 Å². The fourth-order valence-electron chi connectivity index (χ4n) is 0.836. The molecule has 3 N–H and O–H groups in total. The lowest BCUT2D eigenvalue weighted by Crippen LogP contribution is -2.07. The average molecular weight is 164 g/mol. The zero-order chi connectivity index (χ0) is 8.97. The number of nitrogens with one attached hydrogen (secondary N) is 1. The SMILES string of the molecule is CN=C(N)/C=C(/C)c1ncc[nH]1. The fraction of sp³-hybridized carbons (Fsp3) is 0.250. The molecule has 1 aromatic heterocycles. The van der Waals surface area contributed by atoms with E-state index in [2.05, 4.69) is 15.0 Å². The summed E-state index contributed by atoms with van der Waals surface area (Å²) >= 11 is 0. The van der Waals surface area contributed by atoms with E-state index in [9.17, 15) is 0 Å². The Labute approximate surface area is 71.2 Å². The number of hydrogen-bond donors (Lipinski definition) is 2. The van der Waals surface area contributed by atoms with Gasteiger partial charge in [-0.25, -0.2) is 4.98 Å². The molecule has 0 amide bonds. The Morgan fingerprint density at radius 1 is 1.75 bits per heavy atom. The number of allylic oxidation sites excluding steroid dienone is 1. The van der Waals surface area contributed by atoms with Crippen LogP contribution in [-0.2, 0) is 0 Å². The van der Waals surface area contributed by atoms with Gasteiger partial charge in [0.15, 0.2) is 0 Å². The Balaban J connectivity index is 2.85. The van der Waals surface area contributed by atoms with Gasteiger partial charge in [-0.05, 0) is 18.6 Å². The molecule has 0 radical (unpaired) electrons. The zero-order valence-corrected chi connectivity index (χ0v) is 7.20. The third kappa shape index (κ3) is 1.95. The number of nitrogens with zero attached hydrogens (tertiary/aromatic N) is 2. The number of aromatic nitrogens is 2. The molecular weight excluding hydrogens is 152 g/mol. The summed E-state index contributed by atoms with van der Waals surface area (Å²) in [4.78, 5) is 10.9. The molecule has 0 saturated carbocycles. The Morgan fingerprint density at radius 2 is 2.50 bits per heavy atom. The quantitative estimate of drug-likeness (QED) is 0.501. The number of imidazole rings is 1. The molecule has 0 spiro atoms. The Hall–Kier alpha value is -1.58. The number of aliphatic imine (C=N–C) groups is 1. The normalized spacial score (nSPS) is 13.5. The smallest absolute Gasteiger partial charge is 0.133 e. The number of aromatic amines is 1. The lowest BCUT2D eigenvalue weighted by molar-refractivity contribution is 1.23. The van der Waals surface area contributed by atoms with E-state index in [4.69, 9.17) is 5.73 Å². The number of H-pyrrole nitrogens is 1. The monoisotopic (exact) mass is 164 g/mol. The van der Waals surface area contributed by atoms with Crippen LogP contribution in [0.3, 0.4) is 0 Å². The molecule has 4 heteroatoms. The van der Waals surface area contributed by atoms with Crippen molar-refractivity contribution in [2.75, 3.05) is 7.05 Å². The second-order valence-electron chi connectivity index (χ2n) is 2.41. The molecule has 0 atom stereocenters. The molecule has 0 bridgehead atoms. The van der Waals surface area contributed by atoms with Gasteiger partial charge in [0, 0.05) is 19.4 Å². The molecule has 0 aliphatic carbocycles. The molecule has 64 valence electrons. The predicted octanol–water partition coefficient (Wildman–Crippen LogP) is 0.800. The second kappa shape index (κ2) is 3.71. The topological polar surface area (TPSA) is 67.1 Å². The minimum atomic E-state index is 0.504. The highest BCUT2D eigenvalue weighted by Gasteiger charge is 1.96. The first kappa shape index (κ1) is 8.52. The summed E-state index contributed by atoms with van der Waals surface area (Å²) in [6, 6.07) is 0. The van der Waals surface area contributed by atoms with Gasteiger partial charge in [-0.2, -0.15) is 0 Å². The van der Waals surface area contributed by atoms with Crippen molar-refractivity contribution in [3.05, 3.63) is 24.3 Å². The molecular formula is C8H12N4. The van der Waals surface area contributed by atoms with Gasteiger partial charge in [-0.1, -0.05) is 0 Å². The van der Waals surface area contributed by atoms with Crippen LogP contribution in [-0.4, -0.2) is 22.9 Å². The lowest BCUT2D eigenvalue weighted by Gasteiger charge is -1.95. The fourth-order valence-corrected chi connectivity index (χ4v) is 0.836. The van der Waals surface area contributed by atoms with E-state index < -0.39 is 0 Å². The first-order valence-electron chi connectivity index (χ1n) is 3.64. The summed E-state index contributed by atoms with van der Waals surface area (Å²) in [5.74, 6) is 1.32. The van der Waals surface area contributed by atoms with Gasteiger partial charge in [0.1, 0.15) is 11.7 Å². The number of rotatable bonds is 2. The molecule has 1 aromatic rings. The number of hydrogen-bond acceptors (Lipinski definition) is 2. The summed E-state index contributed by atoms with van der Waals surface area (Å²) in [5.41, 5.74) is 6.49. The molecule has 0 unspecified atom stereocenters. The van der Waals surface area contributed by atoms with Gasteiger partial charge in [-0.3, -0.25) is 4.99 Å². The van der Waals surface area contributed by atoms with Crippen LogP contribution in [0.4, 0.5) is 0 Å². The third-order valence-corrected chi connectivity index (χ3v) is 1.49. The van der Waals surface area contributed by atoms with Gasteiger partial charge in [-0.15, -0.1) is 0 Å². The van der Waals surface area contributed by atoms with Crippen LogP contribution in [0.25, 0.3) is 5.57 Å². The maximum absolute atomic E-state index is 5.51. The van der Waals surface area contributed by atoms with Crippen molar-refractivity contribution < 1.29 is 0 Å². The summed E-state index contributed by atoms with van der Waals surface area (Å²) < 4.78 is 0. The zero-order valence-electron chi connectivity index (χ0n) is 7.20. The predicted molar refractivity (Wildman–Crippen MR) is 49.8 cm³/mol. The highest BCUT2D eigenvalue weighted by molar-refractivity contribution is 5.97. The van der Waals surface area contributed by atoms with E-state index in [1.165, 1.54) is 0 Å². The first-order valence-corrected chi connectivity index (χ1v) is 3.64. The van der Waals surface area contributed by atoms with Gasteiger partial charge in [0.05, 0.1) is 0 Å². The molecule has 0 saturated heterocycles. The molecule has 0 fully saturated rings. The first-order chi connectivity index (χ1) is 5.74. The summed E-state index contributed by atoms with van der Waals surface area (Å²) in [5, 5.41) is 0. The second-order valence-corrected chi connectivity index (χ2v) is 2.41. The lowest BCUT2D eigenvalue weighted by atomic mass is 10.2. The van der Waals surface area contributed by atoms with Crippen LogP contribution in [0.1, 0.15) is 12.7 Å². The summed E-state index contributed by atoms with van der Waals surface area (Å²) in [6.07, 6.45) is 5.25. The molecule has 12 heavy (non-hydrogen) atoms. The van der Waals surface area contributed by atoms with Crippen LogP contribution in [0.15, 0.2) is 23.5 Å².